The maximum absolute atomic E-state index is 6.03. The third-order valence-corrected chi connectivity index (χ3v) is 2.99. The van der Waals surface area contributed by atoms with Crippen LogP contribution in [0.15, 0.2) is 12.3 Å². The van der Waals surface area contributed by atoms with Gasteiger partial charge in [0.1, 0.15) is 16.7 Å². The van der Waals surface area contributed by atoms with Gasteiger partial charge in [-0.2, -0.15) is 5.10 Å². The van der Waals surface area contributed by atoms with E-state index in [-0.39, 0.29) is 5.41 Å². The second kappa shape index (κ2) is 5.17. The molecule has 2 rings (SSSR count). The van der Waals surface area contributed by atoms with Crippen molar-refractivity contribution < 1.29 is 0 Å². The standard InChI is InChI=1S/C13H18ClN5/c1-8-15-7-10(14)12(17-8)16-6-9-5-11(19-18-9)13(2,3)4/h5,7H,6H2,1-4H3,(H,18,19)(H,15,16,17). The van der Waals surface area contributed by atoms with Crippen molar-refractivity contribution in [3.63, 3.8) is 0 Å². The molecule has 2 heterocycles. The minimum absolute atomic E-state index is 0.0396. The first-order chi connectivity index (χ1) is 8.86. The fourth-order valence-electron chi connectivity index (χ4n) is 1.59. The summed E-state index contributed by atoms with van der Waals surface area (Å²) in [5.74, 6) is 1.33. The number of H-pyrrole nitrogens is 1. The van der Waals surface area contributed by atoms with Crippen molar-refractivity contribution in [1.82, 2.24) is 20.2 Å². The number of halogens is 1. The van der Waals surface area contributed by atoms with E-state index in [4.69, 9.17) is 11.6 Å². The van der Waals surface area contributed by atoms with Crippen LogP contribution in [0.5, 0.6) is 0 Å². The van der Waals surface area contributed by atoms with E-state index in [2.05, 4.69) is 52.3 Å². The summed E-state index contributed by atoms with van der Waals surface area (Å²) in [5, 5.41) is 11.0. The Morgan fingerprint density at radius 1 is 1.37 bits per heavy atom. The molecule has 6 heteroatoms. The zero-order valence-corrected chi connectivity index (χ0v) is 12.3. The fourth-order valence-corrected chi connectivity index (χ4v) is 1.75. The first-order valence-electron chi connectivity index (χ1n) is 6.14. The van der Waals surface area contributed by atoms with Gasteiger partial charge in [0.15, 0.2) is 0 Å². The van der Waals surface area contributed by atoms with Gasteiger partial charge in [-0.3, -0.25) is 5.10 Å². The Balaban J connectivity index is 2.06. The number of hydrogen-bond acceptors (Lipinski definition) is 4. The maximum atomic E-state index is 6.03. The molecular formula is C13H18ClN5. The lowest BCUT2D eigenvalue weighted by atomic mass is 9.92. The van der Waals surface area contributed by atoms with E-state index in [9.17, 15) is 0 Å². The van der Waals surface area contributed by atoms with Crippen molar-refractivity contribution in [3.05, 3.63) is 34.5 Å². The Morgan fingerprint density at radius 2 is 2.11 bits per heavy atom. The van der Waals surface area contributed by atoms with E-state index < -0.39 is 0 Å². The lowest BCUT2D eigenvalue weighted by Gasteiger charge is -2.13. The van der Waals surface area contributed by atoms with Crippen LogP contribution in [0.1, 0.15) is 38.0 Å². The van der Waals surface area contributed by atoms with E-state index in [1.807, 2.05) is 6.92 Å². The second-order valence-corrected chi connectivity index (χ2v) is 5.90. The number of hydrogen-bond donors (Lipinski definition) is 2. The fraction of sp³-hybridized carbons (Fsp3) is 0.462. The van der Waals surface area contributed by atoms with Gasteiger partial charge in [0.05, 0.1) is 24.1 Å². The quantitative estimate of drug-likeness (QED) is 0.906. The molecule has 0 saturated heterocycles. The lowest BCUT2D eigenvalue weighted by Crippen LogP contribution is -2.11. The van der Waals surface area contributed by atoms with Crippen LogP contribution >= 0.6 is 11.6 Å². The minimum Gasteiger partial charge on any atom is -0.363 e. The van der Waals surface area contributed by atoms with Gasteiger partial charge in [0.25, 0.3) is 0 Å². The number of nitrogens with zero attached hydrogens (tertiary/aromatic N) is 3. The van der Waals surface area contributed by atoms with E-state index in [1.165, 1.54) is 0 Å². The molecular weight excluding hydrogens is 262 g/mol. The highest BCUT2D eigenvalue weighted by molar-refractivity contribution is 6.32. The van der Waals surface area contributed by atoms with Gasteiger partial charge in [-0.15, -0.1) is 0 Å². The number of rotatable bonds is 3. The van der Waals surface area contributed by atoms with Gasteiger partial charge in [-0.1, -0.05) is 32.4 Å². The van der Waals surface area contributed by atoms with Crippen LogP contribution in [0.2, 0.25) is 5.02 Å². The average Bonchev–Trinajstić information content (AvgIpc) is 2.79. The van der Waals surface area contributed by atoms with Crippen LogP contribution in [-0.4, -0.2) is 20.2 Å². The van der Waals surface area contributed by atoms with E-state index in [0.29, 0.717) is 23.2 Å². The molecule has 0 radical (unpaired) electrons. The topological polar surface area (TPSA) is 66.5 Å². The molecule has 102 valence electrons. The summed E-state index contributed by atoms with van der Waals surface area (Å²) in [7, 11) is 0. The number of aryl methyl sites for hydroxylation is 1. The van der Waals surface area contributed by atoms with Crippen molar-refractivity contribution in [3.8, 4) is 0 Å². The van der Waals surface area contributed by atoms with E-state index in [1.54, 1.807) is 6.20 Å². The first-order valence-corrected chi connectivity index (χ1v) is 6.52. The zero-order valence-electron chi connectivity index (χ0n) is 11.6. The molecule has 0 aliphatic rings. The largest absolute Gasteiger partial charge is 0.363 e. The van der Waals surface area contributed by atoms with Crippen LogP contribution in [0.3, 0.4) is 0 Å². The molecule has 19 heavy (non-hydrogen) atoms. The van der Waals surface area contributed by atoms with Gasteiger partial charge >= 0.3 is 0 Å². The summed E-state index contributed by atoms with van der Waals surface area (Å²) in [6.07, 6.45) is 1.60. The SMILES string of the molecule is Cc1ncc(Cl)c(NCc2cc(C(C)(C)C)n[nH]2)n1. The molecule has 0 saturated carbocycles. The maximum Gasteiger partial charge on any atom is 0.148 e. The highest BCUT2D eigenvalue weighted by Crippen LogP contribution is 2.21. The van der Waals surface area contributed by atoms with Gasteiger partial charge in [-0.05, 0) is 13.0 Å². The molecule has 2 aromatic heterocycles. The van der Waals surface area contributed by atoms with E-state index in [0.717, 1.165) is 11.4 Å². The highest BCUT2D eigenvalue weighted by atomic mass is 35.5. The molecule has 0 bridgehead atoms. The monoisotopic (exact) mass is 279 g/mol. The first kappa shape index (κ1) is 13.8. The molecule has 5 nitrogen and oxygen atoms in total. The van der Waals surface area contributed by atoms with Gasteiger partial charge < -0.3 is 5.32 Å². The molecule has 0 spiro atoms. The van der Waals surface area contributed by atoms with Gasteiger partial charge in [0.2, 0.25) is 0 Å². The molecule has 0 atom stereocenters. The van der Waals surface area contributed by atoms with Crippen LogP contribution in [0.25, 0.3) is 0 Å². The molecule has 0 aromatic carbocycles. The smallest absolute Gasteiger partial charge is 0.148 e. The molecule has 0 aliphatic heterocycles. The number of anilines is 1. The van der Waals surface area contributed by atoms with E-state index >= 15 is 0 Å². The summed E-state index contributed by atoms with van der Waals surface area (Å²) >= 11 is 6.03. The van der Waals surface area contributed by atoms with Crippen LogP contribution in [-0.2, 0) is 12.0 Å². The van der Waals surface area contributed by atoms with Crippen molar-refractivity contribution in [2.75, 3.05) is 5.32 Å². The Hall–Kier alpha value is -1.62. The summed E-state index contributed by atoms with van der Waals surface area (Å²) in [6.45, 7) is 8.82. The molecule has 0 fully saturated rings. The summed E-state index contributed by atoms with van der Waals surface area (Å²) < 4.78 is 0. The minimum atomic E-state index is 0.0396. The third kappa shape index (κ3) is 3.44. The Kier molecular flexibility index (Phi) is 3.75. The van der Waals surface area contributed by atoms with Crippen molar-refractivity contribution in [2.24, 2.45) is 0 Å². The predicted octanol–water partition coefficient (Wildman–Crippen LogP) is 3.07. The third-order valence-electron chi connectivity index (χ3n) is 2.71. The average molecular weight is 280 g/mol. The summed E-state index contributed by atoms with van der Waals surface area (Å²) in [5.41, 5.74) is 2.07. The molecule has 0 amide bonds. The van der Waals surface area contributed by atoms with Gasteiger partial charge in [-0.25, -0.2) is 9.97 Å². The number of aromatic amines is 1. The van der Waals surface area contributed by atoms with Crippen LogP contribution in [0, 0.1) is 6.92 Å². The van der Waals surface area contributed by atoms with Crippen molar-refractivity contribution in [2.45, 2.75) is 39.7 Å². The van der Waals surface area contributed by atoms with Crippen LogP contribution < -0.4 is 5.32 Å². The lowest BCUT2D eigenvalue weighted by molar-refractivity contribution is 0.567. The molecule has 2 aromatic rings. The summed E-state index contributed by atoms with van der Waals surface area (Å²) in [4.78, 5) is 8.28. The van der Waals surface area contributed by atoms with Crippen LogP contribution in [0.4, 0.5) is 5.82 Å². The van der Waals surface area contributed by atoms with Gasteiger partial charge in [0, 0.05) is 5.41 Å². The molecule has 0 aliphatic carbocycles. The van der Waals surface area contributed by atoms with Crippen molar-refractivity contribution in [1.29, 1.82) is 0 Å². The predicted molar refractivity (Wildman–Crippen MR) is 76.4 cm³/mol. The van der Waals surface area contributed by atoms with Crippen molar-refractivity contribution >= 4 is 17.4 Å². The Morgan fingerprint density at radius 3 is 2.74 bits per heavy atom. The Bertz CT molecular complexity index is 571. The molecule has 2 N–H and O–H groups in total. The number of aromatic nitrogens is 4. The molecule has 0 unspecified atom stereocenters. The summed E-state index contributed by atoms with van der Waals surface area (Å²) in [6, 6.07) is 2.05. The normalized spacial score (nSPS) is 11.6. The zero-order chi connectivity index (χ0) is 14.0. The Labute approximate surface area is 117 Å². The number of nitrogens with one attached hydrogen (secondary N) is 2. The highest BCUT2D eigenvalue weighted by Gasteiger charge is 2.17. The second-order valence-electron chi connectivity index (χ2n) is 5.50.